The number of fused-ring (bicyclic) bond motifs is 1. The van der Waals surface area contributed by atoms with Gasteiger partial charge in [0, 0.05) is 13.0 Å². The highest BCUT2D eigenvalue weighted by Gasteiger charge is 2.25. The lowest BCUT2D eigenvalue weighted by molar-refractivity contribution is -0.0591. The number of methoxy groups -OCH3 is 1. The van der Waals surface area contributed by atoms with Crippen LogP contribution in [0.5, 0.6) is 0 Å². The average Bonchev–Trinajstić information content (AvgIpc) is 2.94. The Kier molecular flexibility index (Phi) is 4.67. The molecule has 0 amide bonds. The molecule has 0 aliphatic carbocycles. The monoisotopic (exact) mass is 344 g/mol. The Labute approximate surface area is 146 Å². The summed E-state index contributed by atoms with van der Waals surface area (Å²) in [5, 5.41) is 3.41. The lowest BCUT2D eigenvalue weighted by Gasteiger charge is -2.28. The number of piperidine rings is 1. The minimum atomic E-state index is -0.422. The van der Waals surface area contributed by atoms with Crippen molar-refractivity contribution >= 4 is 17.1 Å². The topological polar surface area (TPSA) is 78.3 Å². The molecule has 2 aliphatic heterocycles. The molecule has 2 aliphatic rings. The van der Waals surface area contributed by atoms with Gasteiger partial charge in [-0.25, -0.2) is 14.8 Å². The zero-order valence-electron chi connectivity index (χ0n) is 14.5. The van der Waals surface area contributed by atoms with Gasteiger partial charge in [0.25, 0.3) is 0 Å². The van der Waals surface area contributed by atoms with E-state index in [0.29, 0.717) is 11.6 Å². The van der Waals surface area contributed by atoms with Crippen molar-refractivity contribution in [3.05, 3.63) is 23.7 Å². The molecular formula is C18H24N4O3. The molecule has 2 saturated heterocycles. The predicted molar refractivity (Wildman–Crippen MR) is 92.5 cm³/mol. The van der Waals surface area contributed by atoms with Crippen molar-refractivity contribution in [3.8, 4) is 0 Å². The molecule has 2 aromatic rings. The summed E-state index contributed by atoms with van der Waals surface area (Å²) in [6, 6.07) is 3.54. The molecule has 2 fully saturated rings. The normalized spacial score (nSPS) is 21.2. The zero-order chi connectivity index (χ0) is 17.2. The molecular weight excluding hydrogens is 320 g/mol. The number of rotatable bonds is 5. The third kappa shape index (κ3) is 3.39. The molecule has 0 bridgehead atoms. The van der Waals surface area contributed by atoms with Gasteiger partial charge in [-0.2, -0.15) is 0 Å². The number of hydrogen-bond acceptors (Lipinski definition) is 6. The highest BCUT2D eigenvalue weighted by Crippen LogP contribution is 2.24. The molecule has 2 aromatic heterocycles. The molecule has 0 unspecified atom stereocenters. The third-order valence-corrected chi connectivity index (χ3v) is 5.18. The average molecular weight is 344 g/mol. The van der Waals surface area contributed by atoms with E-state index in [4.69, 9.17) is 14.5 Å². The van der Waals surface area contributed by atoms with Crippen molar-refractivity contribution in [1.82, 2.24) is 19.9 Å². The zero-order valence-corrected chi connectivity index (χ0v) is 14.5. The van der Waals surface area contributed by atoms with Gasteiger partial charge in [-0.05, 0) is 50.4 Å². The van der Waals surface area contributed by atoms with Crippen molar-refractivity contribution in [1.29, 1.82) is 0 Å². The van der Waals surface area contributed by atoms with Crippen molar-refractivity contribution in [3.63, 3.8) is 0 Å². The summed E-state index contributed by atoms with van der Waals surface area (Å²) >= 11 is 0. The first kappa shape index (κ1) is 16.5. The van der Waals surface area contributed by atoms with E-state index < -0.39 is 5.97 Å². The number of nitrogens with zero attached hydrogens (tertiary/aromatic N) is 3. The summed E-state index contributed by atoms with van der Waals surface area (Å²) < 4.78 is 12.6. The largest absolute Gasteiger partial charge is 0.464 e. The number of carbonyl (C=O) groups is 1. The van der Waals surface area contributed by atoms with Crippen LogP contribution in [0.25, 0.3) is 11.2 Å². The minimum absolute atomic E-state index is 0.216. The van der Waals surface area contributed by atoms with Gasteiger partial charge in [-0.3, -0.25) is 0 Å². The van der Waals surface area contributed by atoms with E-state index in [9.17, 15) is 4.79 Å². The Balaban J connectivity index is 1.69. The fourth-order valence-corrected chi connectivity index (χ4v) is 3.59. The number of carbonyl (C=O) groups excluding carboxylic acids is 1. The van der Waals surface area contributed by atoms with E-state index in [1.807, 2.05) is 6.07 Å². The maximum atomic E-state index is 11.8. The van der Waals surface area contributed by atoms with Crippen LogP contribution in [0.3, 0.4) is 0 Å². The highest BCUT2D eigenvalue weighted by molar-refractivity contribution is 5.89. The highest BCUT2D eigenvalue weighted by atomic mass is 16.5. The van der Waals surface area contributed by atoms with Crippen LogP contribution in [-0.4, -0.2) is 53.4 Å². The molecule has 0 radical (unpaired) electrons. The molecule has 25 heavy (non-hydrogen) atoms. The van der Waals surface area contributed by atoms with Crippen LogP contribution < -0.4 is 5.32 Å². The smallest absolute Gasteiger partial charge is 0.356 e. The van der Waals surface area contributed by atoms with E-state index in [2.05, 4.69) is 14.9 Å². The Bertz CT molecular complexity index is 763. The quantitative estimate of drug-likeness (QED) is 0.829. The molecule has 7 heteroatoms. The molecule has 1 atom stereocenters. The second-order valence-corrected chi connectivity index (χ2v) is 6.85. The van der Waals surface area contributed by atoms with Crippen molar-refractivity contribution < 1.29 is 14.3 Å². The summed E-state index contributed by atoms with van der Waals surface area (Å²) in [4.78, 5) is 21.2. The fourth-order valence-electron chi connectivity index (χ4n) is 3.59. The van der Waals surface area contributed by atoms with Crippen LogP contribution in [0, 0.1) is 5.92 Å². The van der Waals surface area contributed by atoms with E-state index in [0.717, 1.165) is 56.1 Å². The number of imidazole rings is 1. The van der Waals surface area contributed by atoms with Gasteiger partial charge in [-0.15, -0.1) is 0 Å². The maximum Gasteiger partial charge on any atom is 0.356 e. The van der Waals surface area contributed by atoms with Crippen LogP contribution in [0.15, 0.2) is 12.1 Å². The van der Waals surface area contributed by atoms with Gasteiger partial charge in [0.1, 0.15) is 11.3 Å². The van der Waals surface area contributed by atoms with Crippen molar-refractivity contribution in [2.45, 2.75) is 38.3 Å². The number of hydrogen-bond donors (Lipinski definition) is 1. The second kappa shape index (κ2) is 7.09. The Morgan fingerprint density at radius 1 is 1.32 bits per heavy atom. The summed E-state index contributed by atoms with van der Waals surface area (Å²) in [7, 11) is 1.37. The van der Waals surface area contributed by atoms with Crippen molar-refractivity contribution in [2.75, 3.05) is 26.8 Å². The lowest BCUT2D eigenvalue weighted by atomic mass is 9.94. The van der Waals surface area contributed by atoms with Crippen LogP contribution in [0.1, 0.15) is 35.6 Å². The van der Waals surface area contributed by atoms with Crippen LogP contribution in [0.4, 0.5) is 0 Å². The fraction of sp³-hybridized carbons (Fsp3) is 0.611. The van der Waals surface area contributed by atoms with E-state index in [1.54, 1.807) is 6.07 Å². The maximum absolute atomic E-state index is 11.8. The first-order valence-electron chi connectivity index (χ1n) is 9.01. The van der Waals surface area contributed by atoms with Gasteiger partial charge < -0.3 is 19.4 Å². The number of nitrogens with one attached hydrogen (secondary N) is 1. The van der Waals surface area contributed by atoms with Crippen LogP contribution in [-0.2, 0) is 22.4 Å². The number of esters is 1. The Morgan fingerprint density at radius 2 is 2.12 bits per heavy atom. The number of ether oxygens (including phenoxy) is 2. The van der Waals surface area contributed by atoms with Gasteiger partial charge in [-0.1, -0.05) is 0 Å². The lowest BCUT2D eigenvalue weighted by Crippen LogP contribution is -2.33. The summed E-state index contributed by atoms with van der Waals surface area (Å²) in [6.07, 6.45) is 4.56. The van der Waals surface area contributed by atoms with Gasteiger partial charge in [0.05, 0.1) is 19.8 Å². The summed E-state index contributed by atoms with van der Waals surface area (Å²) in [5.74, 6) is 1.26. The SMILES string of the molecule is COC(=O)c1ccc2nc(CC3CCNCC3)n(C[C@@H]3CCO3)c2n1. The minimum Gasteiger partial charge on any atom is -0.464 e. The Hall–Kier alpha value is -1.99. The molecule has 134 valence electrons. The molecule has 7 nitrogen and oxygen atoms in total. The third-order valence-electron chi connectivity index (χ3n) is 5.18. The van der Waals surface area contributed by atoms with Gasteiger partial charge >= 0.3 is 5.97 Å². The first-order chi connectivity index (χ1) is 12.2. The predicted octanol–water partition coefficient (Wildman–Crippen LogP) is 1.55. The molecule has 0 spiro atoms. The summed E-state index contributed by atoms with van der Waals surface area (Å²) in [5.41, 5.74) is 1.90. The molecule has 0 saturated carbocycles. The summed E-state index contributed by atoms with van der Waals surface area (Å²) in [6.45, 7) is 3.71. The van der Waals surface area contributed by atoms with E-state index >= 15 is 0 Å². The van der Waals surface area contributed by atoms with E-state index in [1.165, 1.54) is 20.0 Å². The van der Waals surface area contributed by atoms with Crippen LogP contribution in [0.2, 0.25) is 0 Å². The standard InChI is InChI=1S/C18H24N4O3/c1-24-18(23)15-3-2-14-17(21-15)22(11-13-6-9-25-13)16(20-14)10-12-4-7-19-8-5-12/h2-3,12-13,19H,4-11H2,1H3/t13-/m0/s1. The molecule has 1 N–H and O–H groups in total. The first-order valence-corrected chi connectivity index (χ1v) is 9.01. The van der Waals surface area contributed by atoms with Crippen molar-refractivity contribution in [2.24, 2.45) is 5.92 Å². The Morgan fingerprint density at radius 3 is 2.80 bits per heavy atom. The van der Waals surface area contributed by atoms with Gasteiger partial charge in [0.2, 0.25) is 0 Å². The molecule has 0 aromatic carbocycles. The number of aromatic nitrogens is 3. The second-order valence-electron chi connectivity index (χ2n) is 6.85. The van der Waals surface area contributed by atoms with Gasteiger partial charge in [0.15, 0.2) is 11.3 Å². The van der Waals surface area contributed by atoms with E-state index in [-0.39, 0.29) is 6.10 Å². The molecule has 4 heterocycles. The van der Waals surface area contributed by atoms with Crippen LogP contribution >= 0.6 is 0 Å². The molecule has 4 rings (SSSR count). The number of pyridine rings is 1.